The molecule has 2 N–H and O–H groups in total. The standard InChI is InChI=1S/C12H12ClNO4/c1-4-9(15)14-10-6(2)11(18-3)7(12(16)17)5-8(10)13/h4-5H,1H2,2-3H3,(H,14,15)(H,16,17). The van der Waals surface area contributed by atoms with Gasteiger partial charge in [-0.05, 0) is 19.1 Å². The monoisotopic (exact) mass is 269 g/mol. The van der Waals surface area contributed by atoms with Crippen LogP contribution in [-0.2, 0) is 4.79 Å². The molecule has 1 aromatic rings. The van der Waals surface area contributed by atoms with Gasteiger partial charge in [0.2, 0.25) is 5.91 Å². The molecule has 96 valence electrons. The normalized spacial score (nSPS) is 9.72. The molecule has 18 heavy (non-hydrogen) atoms. The van der Waals surface area contributed by atoms with Gasteiger partial charge in [0.25, 0.3) is 0 Å². The van der Waals surface area contributed by atoms with Crippen LogP contribution in [0.15, 0.2) is 18.7 Å². The van der Waals surface area contributed by atoms with Crippen molar-refractivity contribution in [3.63, 3.8) is 0 Å². The van der Waals surface area contributed by atoms with Crippen molar-refractivity contribution in [1.29, 1.82) is 0 Å². The fraction of sp³-hybridized carbons (Fsp3) is 0.167. The second-order valence-corrected chi connectivity index (χ2v) is 3.84. The number of rotatable bonds is 4. The van der Waals surface area contributed by atoms with Gasteiger partial charge in [0.05, 0.1) is 17.8 Å². The molecule has 5 nitrogen and oxygen atoms in total. The summed E-state index contributed by atoms with van der Waals surface area (Å²) in [6, 6.07) is 1.23. The van der Waals surface area contributed by atoms with Gasteiger partial charge >= 0.3 is 5.97 Å². The van der Waals surface area contributed by atoms with Gasteiger partial charge < -0.3 is 15.2 Å². The number of carboxylic acids is 1. The highest BCUT2D eigenvalue weighted by atomic mass is 35.5. The van der Waals surface area contributed by atoms with E-state index in [2.05, 4.69) is 11.9 Å². The van der Waals surface area contributed by atoms with E-state index < -0.39 is 11.9 Å². The summed E-state index contributed by atoms with van der Waals surface area (Å²) in [5, 5.41) is 11.7. The first-order chi connectivity index (χ1) is 8.42. The van der Waals surface area contributed by atoms with Crippen LogP contribution in [-0.4, -0.2) is 24.1 Å². The molecule has 1 rings (SSSR count). The zero-order valence-corrected chi connectivity index (χ0v) is 10.7. The Kier molecular flexibility index (Phi) is 4.33. The first kappa shape index (κ1) is 14.1. The molecule has 0 unspecified atom stereocenters. The van der Waals surface area contributed by atoms with Crippen LogP contribution in [0.1, 0.15) is 15.9 Å². The van der Waals surface area contributed by atoms with Gasteiger partial charge in [-0.2, -0.15) is 0 Å². The minimum Gasteiger partial charge on any atom is -0.495 e. The maximum atomic E-state index is 11.3. The second kappa shape index (κ2) is 5.55. The molecule has 0 radical (unpaired) electrons. The minimum absolute atomic E-state index is 0.0587. The molecule has 1 amide bonds. The number of anilines is 1. The second-order valence-electron chi connectivity index (χ2n) is 3.44. The van der Waals surface area contributed by atoms with Crippen molar-refractivity contribution in [3.05, 3.63) is 34.9 Å². The van der Waals surface area contributed by atoms with E-state index in [1.54, 1.807) is 6.92 Å². The molecule has 1 aromatic carbocycles. The van der Waals surface area contributed by atoms with Crippen molar-refractivity contribution < 1.29 is 19.4 Å². The molecule has 0 atom stereocenters. The Morgan fingerprint density at radius 1 is 1.56 bits per heavy atom. The lowest BCUT2D eigenvalue weighted by Gasteiger charge is -2.15. The van der Waals surface area contributed by atoms with Crippen LogP contribution in [0.25, 0.3) is 0 Å². The Hall–Kier alpha value is -2.01. The van der Waals surface area contributed by atoms with Gasteiger partial charge in [-0.25, -0.2) is 4.79 Å². The predicted molar refractivity (Wildman–Crippen MR) is 68.5 cm³/mol. The molecular formula is C12H12ClNO4. The lowest BCUT2D eigenvalue weighted by Crippen LogP contribution is -2.11. The fourth-order valence-corrected chi connectivity index (χ4v) is 1.81. The molecular weight excluding hydrogens is 258 g/mol. The Morgan fingerprint density at radius 2 is 2.17 bits per heavy atom. The number of amides is 1. The molecule has 0 bridgehead atoms. The Balaban J connectivity index is 3.42. The summed E-state index contributed by atoms with van der Waals surface area (Å²) < 4.78 is 5.03. The van der Waals surface area contributed by atoms with Crippen molar-refractivity contribution in [2.45, 2.75) is 6.92 Å². The zero-order valence-electron chi connectivity index (χ0n) is 9.91. The molecule has 0 saturated carbocycles. The summed E-state index contributed by atoms with van der Waals surface area (Å²) >= 11 is 5.94. The number of halogens is 1. The number of hydrogen-bond donors (Lipinski definition) is 2. The van der Waals surface area contributed by atoms with E-state index in [0.29, 0.717) is 11.3 Å². The quantitative estimate of drug-likeness (QED) is 0.824. The van der Waals surface area contributed by atoms with Crippen LogP contribution >= 0.6 is 11.6 Å². The lowest BCUT2D eigenvalue weighted by molar-refractivity contribution is -0.111. The number of carbonyl (C=O) groups excluding carboxylic acids is 1. The number of aromatic carboxylic acids is 1. The third-order valence-electron chi connectivity index (χ3n) is 2.34. The van der Waals surface area contributed by atoms with Gasteiger partial charge in [0, 0.05) is 5.56 Å². The number of benzene rings is 1. The summed E-state index contributed by atoms with van der Waals surface area (Å²) in [6.07, 6.45) is 1.09. The molecule has 0 aromatic heterocycles. The van der Waals surface area contributed by atoms with E-state index in [0.717, 1.165) is 6.08 Å². The Morgan fingerprint density at radius 3 is 2.61 bits per heavy atom. The van der Waals surface area contributed by atoms with Crippen molar-refractivity contribution in [2.75, 3.05) is 12.4 Å². The zero-order chi connectivity index (χ0) is 13.9. The average molecular weight is 270 g/mol. The van der Waals surface area contributed by atoms with E-state index in [-0.39, 0.29) is 16.3 Å². The van der Waals surface area contributed by atoms with Crippen LogP contribution in [0.3, 0.4) is 0 Å². The highest BCUT2D eigenvalue weighted by Gasteiger charge is 2.19. The van der Waals surface area contributed by atoms with E-state index in [1.165, 1.54) is 13.2 Å². The van der Waals surface area contributed by atoms with Crippen LogP contribution in [0, 0.1) is 6.92 Å². The van der Waals surface area contributed by atoms with E-state index in [1.807, 2.05) is 0 Å². The molecule has 6 heteroatoms. The smallest absolute Gasteiger partial charge is 0.339 e. The lowest BCUT2D eigenvalue weighted by atomic mass is 10.1. The van der Waals surface area contributed by atoms with Crippen molar-refractivity contribution in [1.82, 2.24) is 0 Å². The summed E-state index contributed by atoms with van der Waals surface area (Å²) in [6.45, 7) is 4.93. The van der Waals surface area contributed by atoms with E-state index in [9.17, 15) is 9.59 Å². The van der Waals surface area contributed by atoms with Gasteiger partial charge in [-0.15, -0.1) is 0 Å². The van der Waals surface area contributed by atoms with E-state index >= 15 is 0 Å². The van der Waals surface area contributed by atoms with E-state index in [4.69, 9.17) is 21.4 Å². The van der Waals surface area contributed by atoms with Gasteiger partial charge in [0.1, 0.15) is 11.3 Å². The van der Waals surface area contributed by atoms with Gasteiger partial charge in [0.15, 0.2) is 0 Å². The maximum absolute atomic E-state index is 11.3. The third kappa shape index (κ3) is 2.62. The summed E-state index contributed by atoms with van der Waals surface area (Å²) in [4.78, 5) is 22.3. The number of nitrogens with one attached hydrogen (secondary N) is 1. The first-order valence-electron chi connectivity index (χ1n) is 4.96. The van der Waals surface area contributed by atoms with Gasteiger partial charge in [-0.3, -0.25) is 4.79 Å². The predicted octanol–water partition coefficient (Wildman–Crippen LogP) is 2.48. The van der Waals surface area contributed by atoms with Crippen molar-refractivity contribution in [3.8, 4) is 5.75 Å². The third-order valence-corrected chi connectivity index (χ3v) is 2.64. The molecule has 0 heterocycles. The summed E-state index contributed by atoms with van der Waals surface area (Å²) in [5.74, 6) is -1.44. The van der Waals surface area contributed by atoms with Gasteiger partial charge in [-0.1, -0.05) is 18.2 Å². The van der Waals surface area contributed by atoms with Crippen LogP contribution in [0.4, 0.5) is 5.69 Å². The largest absolute Gasteiger partial charge is 0.495 e. The highest BCUT2D eigenvalue weighted by molar-refractivity contribution is 6.34. The van der Waals surface area contributed by atoms with Crippen LogP contribution in [0.2, 0.25) is 5.02 Å². The van der Waals surface area contributed by atoms with Crippen LogP contribution in [0.5, 0.6) is 5.75 Å². The van der Waals surface area contributed by atoms with Crippen molar-refractivity contribution >= 4 is 29.2 Å². The SMILES string of the molecule is C=CC(=O)Nc1c(Cl)cc(C(=O)O)c(OC)c1C. The fourth-order valence-electron chi connectivity index (χ4n) is 1.51. The number of carbonyl (C=O) groups is 2. The van der Waals surface area contributed by atoms with Crippen molar-refractivity contribution in [2.24, 2.45) is 0 Å². The maximum Gasteiger partial charge on any atom is 0.339 e. The molecule has 0 aliphatic heterocycles. The molecule has 0 aliphatic rings. The average Bonchev–Trinajstić information content (AvgIpc) is 2.33. The Bertz CT molecular complexity index is 525. The summed E-state index contributed by atoms with van der Waals surface area (Å²) in [5.41, 5.74) is 0.692. The summed E-state index contributed by atoms with van der Waals surface area (Å²) in [7, 11) is 1.35. The molecule has 0 aliphatic carbocycles. The number of carboxylic acid groups (broad SMARTS) is 1. The molecule has 0 spiro atoms. The molecule has 0 fully saturated rings. The first-order valence-corrected chi connectivity index (χ1v) is 5.34. The number of methoxy groups -OCH3 is 1. The number of ether oxygens (including phenoxy) is 1. The Labute approximate surface area is 109 Å². The molecule has 0 saturated heterocycles. The minimum atomic E-state index is -1.15. The number of hydrogen-bond acceptors (Lipinski definition) is 3. The topological polar surface area (TPSA) is 75.6 Å². The van der Waals surface area contributed by atoms with Crippen LogP contribution < -0.4 is 10.1 Å². The highest BCUT2D eigenvalue weighted by Crippen LogP contribution is 2.36.